The highest BCUT2D eigenvalue weighted by Gasteiger charge is 2.16. The van der Waals surface area contributed by atoms with Gasteiger partial charge in [0.25, 0.3) is 0 Å². The summed E-state index contributed by atoms with van der Waals surface area (Å²) < 4.78 is 14.7. The fraction of sp³-hybridized carbons (Fsp3) is 0.250. The third kappa shape index (κ3) is 1.15. The maximum Gasteiger partial charge on any atom is 0.194 e. The van der Waals surface area contributed by atoms with Gasteiger partial charge < -0.3 is 5.73 Å². The van der Waals surface area contributed by atoms with Crippen molar-refractivity contribution in [1.82, 2.24) is 20.0 Å². The van der Waals surface area contributed by atoms with Crippen LogP contribution in [-0.2, 0) is 7.05 Å². The number of nitrogens with two attached hydrogens (primary N) is 1. The zero-order valence-corrected chi connectivity index (χ0v) is 7.87. The Labute approximate surface area is 79.7 Å². The monoisotopic (exact) mass is 195 g/mol. The van der Waals surface area contributed by atoms with Crippen LogP contribution in [0, 0.1) is 12.7 Å². The van der Waals surface area contributed by atoms with Gasteiger partial charge in [0, 0.05) is 12.7 Å². The highest BCUT2D eigenvalue weighted by atomic mass is 19.1. The Balaban J connectivity index is 2.57. The molecule has 0 radical (unpaired) electrons. The molecule has 0 aliphatic rings. The fourth-order valence-electron chi connectivity index (χ4n) is 1.21. The van der Waals surface area contributed by atoms with Crippen molar-refractivity contribution < 1.29 is 4.39 Å². The van der Waals surface area contributed by atoms with Crippen molar-refractivity contribution in [3.05, 3.63) is 17.6 Å². The summed E-state index contributed by atoms with van der Waals surface area (Å²) in [5.41, 5.74) is 6.93. The minimum Gasteiger partial charge on any atom is -0.381 e. The van der Waals surface area contributed by atoms with Crippen molar-refractivity contribution in [2.75, 3.05) is 5.73 Å². The molecule has 74 valence electrons. The average molecular weight is 195 g/mol. The summed E-state index contributed by atoms with van der Waals surface area (Å²) in [5, 5.41) is 10.5. The van der Waals surface area contributed by atoms with E-state index < -0.39 is 5.82 Å². The Hall–Kier alpha value is -1.85. The minimum absolute atomic E-state index is 0.0145. The SMILES string of the molecule is Cc1cc(-c2nn(C)c(N)c2F)n[nH]1. The molecular formula is C8H10FN5. The van der Waals surface area contributed by atoms with Crippen molar-refractivity contribution in [3.63, 3.8) is 0 Å². The Bertz CT molecular complexity index is 470. The first kappa shape index (κ1) is 8.74. The molecule has 0 bridgehead atoms. The molecule has 6 heteroatoms. The van der Waals surface area contributed by atoms with Crippen LogP contribution in [0.2, 0.25) is 0 Å². The topological polar surface area (TPSA) is 72.5 Å². The molecule has 0 aliphatic heterocycles. The molecule has 2 aromatic rings. The molecule has 0 saturated heterocycles. The number of halogens is 1. The fourth-order valence-corrected chi connectivity index (χ4v) is 1.21. The number of rotatable bonds is 1. The summed E-state index contributed by atoms with van der Waals surface area (Å²) >= 11 is 0. The number of aromatic nitrogens is 4. The number of anilines is 1. The minimum atomic E-state index is -0.529. The van der Waals surface area contributed by atoms with Crippen LogP contribution < -0.4 is 5.73 Å². The van der Waals surface area contributed by atoms with Gasteiger partial charge in [-0.1, -0.05) is 0 Å². The van der Waals surface area contributed by atoms with E-state index in [1.54, 1.807) is 13.1 Å². The van der Waals surface area contributed by atoms with Crippen LogP contribution in [0.4, 0.5) is 10.2 Å². The number of nitrogen functional groups attached to an aromatic ring is 1. The molecule has 0 saturated carbocycles. The van der Waals surface area contributed by atoms with Crippen molar-refractivity contribution in [2.24, 2.45) is 7.05 Å². The summed E-state index contributed by atoms with van der Waals surface area (Å²) in [6.45, 7) is 1.83. The molecule has 3 N–H and O–H groups in total. The van der Waals surface area contributed by atoms with E-state index in [0.29, 0.717) is 5.69 Å². The van der Waals surface area contributed by atoms with Gasteiger partial charge in [-0.05, 0) is 13.0 Å². The third-order valence-electron chi connectivity index (χ3n) is 1.98. The number of nitrogens with one attached hydrogen (secondary N) is 1. The van der Waals surface area contributed by atoms with Crippen LogP contribution >= 0.6 is 0 Å². The molecule has 14 heavy (non-hydrogen) atoms. The summed E-state index contributed by atoms with van der Waals surface area (Å²) in [5.74, 6) is -0.514. The van der Waals surface area contributed by atoms with E-state index in [-0.39, 0.29) is 11.5 Å². The lowest BCUT2D eigenvalue weighted by Gasteiger charge is -1.88. The molecular weight excluding hydrogens is 185 g/mol. The van der Waals surface area contributed by atoms with Gasteiger partial charge in [0.1, 0.15) is 5.69 Å². The Morgan fingerprint density at radius 2 is 2.29 bits per heavy atom. The Kier molecular flexibility index (Phi) is 1.77. The number of aryl methyl sites for hydroxylation is 2. The van der Waals surface area contributed by atoms with Gasteiger partial charge in [-0.2, -0.15) is 10.2 Å². The second kappa shape index (κ2) is 2.83. The molecule has 5 nitrogen and oxygen atoms in total. The van der Waals surface area contributed by atoms with E-state index in [4.69, 9.17) is 5.73 Å². The number of aromatic amines is 1. The largest absolute Gasteiger partial charge is 0.381 e. The lowest BCUT2D eigenvalue weighted by atomic mass is 10.3. The third-order valence-corrected chi connectivity index (χ3v) is 1.98. The number of hydrogen-bond acceptors (Lipinski definition) is 3. The van der Waals surface area contributed by atoms with Gasteiger partial charge in [-0.3, -0.25) is 5.10 Å². The number of H-pyrrole nitrogens is 1. The molecule has 2 rings (SSSR count). The zero-order valence-electron chi connectivity index (χ0n) is 7.87. The molecule has 0 fully saturated rings. The van der Waals surface area contributed by atoms with Gasteiger partial charge in [-0.15, -0.1) is 0 Å². The molecule has 0 aliphatic carbocycles. The summed E-state index contributed by atoms with van der Waals surface area (Å²) in [7, 11) is 1.58. The smallest absolute Gasteiger partial charge is 0.194 e. The first-order valence-electron chi connectivity index (χ1n) is 4.10. The molecule has 0 aromatic carbocycles. The van der Waals surface area contributed by atoms with Crippen molar-refractivity contribution in [3.8, 4) is 11.4 Å². The first-order chi connectivity index (χ1) is 6.59. The zero-order chi connectivity index (χ0) is 10.3. The van der Waals surface area contributed by atoms with Gasteiger partial charge in [0.15, 0.2) is 17.3 Å². The quantitative estimate of drug-likeness (QED) is 0.708. The van der Waals surface area contributed by atoms with Gasteiger partial charge >= 0.3 is 0 Å². The molecule has 0 amide bonds. The van der Waals surface area contributed by atoms with E-state index in [9.17, 15) is 4.39 Å². The van der Waals surface area contributed by atoms with E-state index in [1.165, 1.54) is 4.68 Å². The van der Waals surface area contributed by atoms with E-state index in [0.717, 1.165) is 5.69 Å². The first-order valence-corrected chi connectivity index (χ1v) is 4.10. The molecule has 2 heterocycles. The van der Waals surface area contributed by atoms with E-state index in [2.05, 4.69) is 15.3 Å². The van der Waals surface area contributed by atoms with Crippen LogP contribution in [0.3, 0.4) is 0 Å². The normalized spacial score (nSPS) is 10.8. The molecule has 0 spiro atoms. The van der Waals surface area contributed by atoms with E-state index in [1.807, 2.05) is 6.92 Å². The van der Waals surface area contributed by atoms with Gasteiger partial charge in [0.05, 0.1) is 0 Å². The van der Waals surface area contributed by atoms with Crippen LogP contribution in [0.1, 0.15) is 5.69 Å². The molecule has 0 atom stereocenters. The van der Waals surface area contributed by atoms with Crippen molar-refractivity contribution in [2.45, 2.75) is 6.92 Å². The van der Waals surface area contributed by atoms with Crippen LogP contribution in [-0.4, -0.2) is 20.0 Å². The van der Waals surface area contributed by atoms with Gasteiger partial charge in [0.2, 0.25) is 0 Å². The Morgan fingerprint density at radius 3 is 2.71 bits per heavy atom. The summed E-state index contributed by atoms with van der Waals surface area (Å²) in [4.78, 5) is 0. The second-order valence-corrected chi connectivity index (χ2v) is 3.11. The second-order valence-electron chi connectivity index (χ2n) is 3.11. The predicted molar refractivity (Wildman–Crippen MR) is 49.9 cm³/mol. The average Bonchev–Trinajstić information content (AvgIpc) is 2.66. The predicted octanol–water partition coefficient (Wildman–Crippen LogP) is 0.840. The van der Waals surface area contributed by atoms with Crippen molar-refractivity contribution in [1.29, 1.82) is 0 Å². The summed E-state index contributed by atoms with van der Waals surface area (Å²) in [6, 6.07) is 1.71. The highest BCUT2D eigenvalue weighted by Crippen LogP contribution is 2.23. The maximum atomic E-state index is 13.5. The lowest BCUT2D eigenvalue weighted by molar-refractivity contribution is 0.633. The van der Waals surface area contributed by atoms with Crippen LogP contribution in [0.5, 0.6) is 0 Å². The van der Waals surface area contributed by atoms with E-state index >= 15 is 0 Å². The van der Waals surface area contributed by atoms with Gasteiger partial charge in [-0.25, -0.2) is 9.07 Å². The molecule has 2 aromatic heterocycles. The van der Waals surface area contributed by atoms with Crippen molar-refractivity contribution >= 4 is 5.82 Å². The number of hydrogen-bond donors (Lipinski definition) is 2. The van der Waals surface area contributed by atoms with Crippen LogP contribution in [0.15, 0.2) is 6.07 Å². The Morgan fingerprint density at radius 1 is 1.57 bits per heavy atom. The standard InChI is InChI=1S/C8H10FN5/c1-4-3-5(12-11-4)7-6(9)8(10)14(2)13-7/h3H,10H2,1-2H3,(H,11,12). The lowest BCUT2D eigenvalue weighted by Crippen LogP contribution is -1.97. The summed E-state index contributed by atoms with van der Waals surface area (Å²) in [6.07, 6.45) is 0. The van der Waals surface area contributed by atoms with Crippen LogP contribution in [0.25, 0.3) is 11.4 Å². The highest BCUT2D eigenvalue weighted by molar-refractivity contribution is 5.59. The molecule has 0 unspecified atom stereocenters. The number of nitrogens with zero attached hydrogens (tertiary/aromatic N) is 3. The maximum absolute atomic E-state index is 13.5.